The summed E-state index contributed by atoms with van der Waals surface area (Å²) in [5, 5.41) is 4.33. The highest BCUT2D eigenvalue weighted by Crippen LogP contribution is 2.30. The standard InChI is InChI=1S/C24H22N2O/c1-17-9-5-6-12-19(17)24(27)26-15-21(18-10-3-2-4-11-18)22-16-25-23-14-8-7-13-20(22)23/h2-14,16,21,25H,15H2,1H3,(H,26,27)/t21-/m0/s1. The third-order valence-corrected chi connectivity index (χ3v) is 5.06. The number of carbonyl (C=O) groups excluding carboxylic acids is 1. The first kappa shape index (κ1) is 17.1. The maximum absolute atomic E-state index is 12.7. The van der Waals surface area contributed by atoms with E-state index in [0.717, 1.165) is 16.6 Å². The van der Waals surface area contributed by atoms with E-state index in [9.17, 15) is 4.79 Å². The lowest BCUT2D eigenvalue weighted by Gasteiger charge is -2.18. The molecule has 0 saturated carbocycles. The van der Waals surface area contributed by atoms with Crippen molar-refractivity contribution in [1.29, 1.82) is 0 Å². The van der Waals surface area contributed by atoms with Gasteiger partial charge >= 0.3 is 0 Å². The first-order chi connectivity index (χ1) is 13.2. The van der Waals surface area contributed by atoms with Crippen LogP contribution in [0.3, 0.4) is 0 Å². The van der Waals surface area contributed by atoms with E-state index in [1.165, 1.54) is 16.5 Å². The molecule has 0 saturated heterocycles. The number of hydrogen-bond donors (Lipinski definition) is 2. The second-order valence-electron chi connectivity index (χ2n) is 6.78. The molecular formula is C24H22N2O. The van der Waals surface area contributed by atoms with E-state index < -0.39 is 0 Å². The van der Waals surface area contributed by atoms with Crippen LogP contribution in [-0.2, 0) is 0 Å². The number of amides is 1. The molecule has 134 valence electrons. The molecule has 3 aromatic carbocycles. The summed E-state index contributed by atoms with van der Waals surface area (Å²) in [7, 11) is 0. The lowest BCUT2D eigenvalue weighted by atomic mass is 9.91. The fraction of sp³-hybridized carbons (Fsp3) is 0.125. The lowest BCUT2D eigenvalue weighted by Crippen LogP contribution is -2.29. The molecule has 1 heterocycles. The summed E-state index contributed by atoms with van der Waals surface area (Å²) in [6, 6.07) is 26.3. The number of aromatic nitrogens is 1. The second-order valence-corrected chi connectivity index (χ2v) is 6.78. The van der Waals surface area contributed by atoms with Crippen molar-refractivity contribution >= 4 is 16.8 Å². The van der Waals surface area contributed by atoms with Gasteiger partial charge in [-0.2, -0.15) is 0 Å². The Morgan fingerprint density at radius 2 is 1.63 bits per heavy atom. The molecule has 1 aromatic heterocycles. The molecule has 0 aliphatic carbocycles. The number of H-pyrrole nitrogens is 1. The third kappa shape index (κ3) is 3.49. The molecule has 0 fully saturated rings. The van der Waals surface area contributed by atoms with Crippen molar-refractivity contribution < 1.29 is 4.79 Å². The SMILES string of the molecule is Cc1ccccc1C(=O)NC[C@@H](c1ccccc1)c1c[nH]c2ccccc12. The number of aromatic amines is 1. The van der Waals surface area contributed by atoms with Gasteiger partial charge in [0.25, 0.3) is 5.91 Å². The maximum atomic E-state index is 12.7. The molecule has 4 aromatic rings. The Labute approximate surface area is 159 Å². The molecule has 0 bridgehead atoms. The largest absolute Gasteiger partial charge is 0.361 e. The number of benzene rings is 3. The highest BCUT2D eigenvalue weighted by Gasteiger charge is 2.19. The monoisotopic (exact) mass is 354 g/mol. The molecule has 1 atom stereocenters. The fourth-order valence-corrected chi connectivity index (χ4v) is 3.59. The summed E-state index contributed by atoms with van der Waals surface area (Å²) in [6.45, 7) is 2.50. The van der Waals surface area contributed by atoms with E-state index >= 15 is 0 Å². The second kappa shape index (κ2) is 7.50. The van der Waals surface area contributed by atoms with Gasteiger partial charge in [-0.05, 0) is 35.7 Å². The van der Waals surface area contributed by atoms with Gasteiger partial charge in [0.05, 0.1) is 0 Å². The van der Waals surface area contributed by atoms with E-state index in [0.29, 0.717) is 6.54 Å². The molecule has 2 N–H and O–H groups in total. The number of fused-ring (bicyclic) bond motifs is 1. The predicted molar refractivity (Wildman–Crippen MR) is 110 cm³/mol. The average Bonchev–Trinajstić information content (AvgIpc) is 3.13. The Morgan fingerprint density at radius 1 is 0.926 bits per heavy atom. The number of nitrogens with one attached hydrogen (secondary N) is 2. The van der Waals surface area contributed by atoms with Crippen LogP contribution in [-0.4, -0.2) is 17.4 Å². The summed E-state index contributed by atoms with van der Waals surface area (Å²) in [4.78, 5) is 16.1. The minimum absolute atomic E-state index is 0.0335. The highest BCUT2D eigenvalue weighted by molar-refractivity contribution is 5.95. The van der Waals surface area contributed by atoms with E-state index in [2.05, 4.69) is 40.8 Å². The van der Waals surface area contributed by atoms with E-state index in [1.807, 2.05) is 61.5 Å². The Kier molecular flexibility index (Phi) is 4.75. The van der Waals surface area contributed by atoms with Crippen molar-refractivity contribution in [3.63, 3.8) is 0 Å². The van der Waals surface area contributed by atoms with Gasteiger partial charge in [0.15, 0.2) is 0 Å². The van der Waals surface area contributed by atoms with Gasteiger partial charge in [0.1, 0.15) is 0 Å². The van der Waals surface area contributed by atoms with Crippen molar-refractivity contribution in [3.05, 3.63) is 107 Å². The molecule has 0 radical (unpaired) electrons. The van der Waals surface area contributed by atoms with Crippen molar-refractivity contribution in [2.24, 2.45) is 0 Å². The molecule has 0 spiro atoms. The zero-order chi connectivity index (χ0) is 18.6. The summed E-state index contributed by atoms with van der Waals surface area (Å²) in [6.07, 6.45) is 2.06. The molecule has 0 unspecified atom stereocenters. The summed E-state index contributed by atoms with van der Waals surface area (Å²) in [5.74, 6) is 0.0455. The summed E-state index contributed by atoms with van der Waals surface area (Å²) in [5.41, 5.74) is 5.20. The minimum Gasteiger partial charge on any atom is -0.361 e. The van der Waals surface area contributed by atoms with Gasteiger partial charge in [0.2, 0.25) is 0 Å². The topological polar surface area (TPSA) is 44.9 Å². The van der Waals surface area contributed by atoms with Crippen LogP contribution >= 0.6 is 0 Å². The van der Waals surface area contributed by atoms with Gasteiger partial charge in [0, 0.05) is 35.1 Å². The van der Waals surface area contributed by atoms with Crippen LogP contribution in [0.2, 0.25) is 0 Å². The summed E-state index contributed by atoms with van der Waals surface area (Å²) >= 11 is 0. The predicted octanol–water partition coefficient (Wildman–Crippen LogP) is 5.04. The van der Waals surface area contributed by atoms with Crippen LogP contribution in [0.1, 0.15) is 33.0 Å². The van der Waals surface area contributed by atoms with Crippen LogP contribution < -0.4 is 5.32 Å². The quantitative estimate of drug-likeness (QED) is 0.518. The zero-order valence-electron chi connectivity index (χ0n) is 15.3. The van der Waals surface area contributed by atoms with E-state index in [-0.39, 0.29) is 11.8 Å². The first-order valence-electron chi connectivity index (χ1n) is 9.19. The highest BCUT2D eigenvalue weighted by atomic mass is 16.1. The van der Waals surface area contributed by atoms with Crippen LogP contribution in [0.15, 0.2) is 85.1 Å². The third-order valence-electron chi connectivity index (χ3n) is 5.06. The van der Waals surface area contributed by atoms with Gasteiger partial charge in [-0.1, -0.05) is 66.7 Å². The lowest BCUT2D eigenvalue weighted by molar-refractivity contribution is 0.0952. The van der Waals surface area contributed by atoms with Gasteiger partial charge in [-0.3, -0.25) is 4.79 Å². The number of para-hydroxylation sites is 1. The van der Waals surface area contributed by atoms with E-state index in [4.69, 9.17) is 0 Å². The number of hydrogen-bond acceptors (Lipinski definition) is 1. The summed E-state index contributed by atoms with van der Waals surface area (Å²) < 4.78 is 0. The van der Waals surface area contributed by atoms with Crippen LogP contribution in [0, 0.1) is 6.92 Å². The van der Waals surface area contributed by atoms with Crippen molar-refractivity contribution in [2.75, 3.05) is 6.54 Å². The molecule has 27 heavy (non-hydrogen) atoms. The molecule has 0 aliphatic heterocycles. The van der Waals surface area contributed by atoms with Gasteiger partial charge in [-0.15, -0.1) is 0 Å². The molecule has 3 nitrogen and oxygen atoms in total. The first-order valence-corrected chi connectivity index (χ1v) is 9.19. The molecule has 3 heteroatoms. The molecule has 1 amide bonds. The maximum Gasteiger partial charge on any atom is 0.251 e. The van der Waals surface area contributed by atoms with Crippen LogP contribution in [0.4, 0.5) is 0 Å². The Bertz CT molecular complexity index is 1070. The van der Waals surface area contributed by atoms with E-state index in [1.54, 1.807) is 0 Å². The smallest absolute Gasteiger partial charge is 0.251 e. The number of rotatable bonds is 5. The number of aryl methyl sites for hydroxylation is 1. The molecule has 0 aliphatic rings. The van der Waals surface area contributed by atoms with Gasteiger partial charge in [-0.25, -0.2) is 0 Å². The fourth-order valence-electron chi connectivity index (χ4n) is 3.59. The average molecular weight is 354 g/mol. The number of carbonyl (C=O) groups is 1. The van der Waals surface area contributed by atoms with Crippen LogP contribution in [0.25, 0.3) is 10.9 Å². The Hall–Kier alpha value is -3.33. The minimum atomic E-state index is -0.0335. The van der Waals surface area contributed by atoms with Crippen molar-refractivity contribution in [3.8, 4) is 0 Å². The van der Waals surface area contributed by atoms with Gasteiger partial charge < -0.3 is 10.3 Å². The van der Waals surface area contributed by atoms with Crippen LogP contribution in [0.5, 0.6) is 0 Å². The molecular weight excluding hydrogens is 332 g/mol. The Balaban J connectivity index is 1.65. The van der Waals surface area contributed by atoms with Crippen molar-refractivity contribution in [2.45, 2.75) is 12.8 Å². The Morgan fingerprint density at radius 3 is 2.44 bits per heavy atom. The zero-order valence-corrected chi connectivity index (χ0v) is 15.3. The molecule has 4 rings (SSSR count). The van der Waals surface area contributed by atoms with Crippen molar-refractivity contribution in [1.82, 2.24) is 10.3 Å². The normalized spacial score (nSPS) is 12.0.